The van der Waals surface area contributed by atoms with Crippen LogP contribution in [0.3, 0.4) is 0 Å². The van der Waals surface area contributed by atoms with Crippen LogP contribution >= 0.6 is 11.6 Å². The number of carboxylic acid groups (broad SMARTS) is 1. The molecule has 0 radical (unpaired) electrons. The van der Waals surface area contributed by atoms with Gasteiger partial charge in [-0.05, 0) is 48.2 Å². The van der Waals surface area contributed by atoms with E-state index in [2.05, 4.69) is 16.0 Å². The molecule has 0 saturated heterocycles. The van der Waals surface area contributed by atoms with Gasteiger partial charge in [-0.1, -0.05) is 41.4 Å². The summed E-state index contributed by atoms with van der Waals surface area (Å²) in [7, 11) is 0. The molecule has 0 aliphatic carbocycles. The Balaban J connectivity index is 1.86. The van der Waals surface area contributed by atoms with Crippen LogP contribution in [0.1, 0.15) is 29.2 Å². The standard InChI is InChI=1S/C24H24ClN3O3/c1-3-28(23(29)10-17-5-7-22(25)27-13-17)15-20-8-16(2)4-6-21(20)19-9-18(11-24(30)31)12-26-14-19/h4-9,12-14H,3,10-11,15H2,1-2H3,(H,30,31). The number of benzene rings is 1. The van der Waals surface area contributed by atoms with Crippen LogP contribution in [0.15, 0.2) is 55.0 Å². The minimum atomic E-state index is -0.900. The molecule has 0 aliphatic rings. The molecule has 1 amide bonds. The number of aryl methyl sites for hydroxylation is 1. The third-order valence-corrected chi connectivity index (χ3v) is 5.19. The highest BCUT2D eigenvalue weighted by molar-refractivity contribution is 6.29. The highest BCUT2D eigenvalue weighted by Crippen LogP contribution is 2.26. The minimum Gasteiger partial charge on any atom is -0.481 e. The first-order valence-corrected chi connectivity index (χ1v) is 10.4. The van der Waals surface area contributed by atoms with Gasteiger partial charge < -0.3 is 10.0 Å². The first-order valence-electron chi connectivity index (χ1n) is 9.99. The van der Waals surface area contributed by atoms with Crippen molar-refractivity contribution in [3.05, 3.63) is 82.4 Å². The summed E-state index contributed by atoms with van der Waals surface area (Å²) in [4.78, 5) is 34.0. The maximum atomic E-state index is 12.9. The molecule has 1 aromatic carbocycles. The molecule has 0 unspecified atom stereocenters. The van der Waals surface area contributed by atoms with Crippen molar-refractivity contribution in [2.24, 2.45) is 0 Å². The first kappa shape index (κ1) is 22.4. The molecule has 3 rings (SSSR count). The number of likely N-dealkylation sites (N-methyl/N-ethyl adjacent to an activating group) is 1. The number of carboxylic acids is 1. The van der Waals surface area contributed by atoms with Crippen LogP contribution in [0.5, 0.6) is 0 Å². The molecule has 160 valence electrons. The Bertz CT molecular complexity index is 1080. The van der Waals surface area contributed by atoms with Crippen molar-refractivity contribution in [3.63, 3.8) is 0 Å². The normalized spacial score (nSPS) is 10.7. The van der Waals surface area contributed by atoms with Crippen LogP contribution < -0.4 is 0 Å². The highest BCUT2D eigenvalue weighted by Gasteiger charge is 2.16. The van der Waals surface area contributed by atoms with E-state index in [-0.39, 0.29) is 18.7 Å². The number of rotatable bonds is 8. The van der Waals surface area contributed by atoms with Gasteiger partial charge in [-0.3, -0.25) is 14.6 Å². The second kappa shape index (κ2) is 10.2. The Labute approximate surface area is 186 Å². The van der Waals surface area contributed by atoms with E-state index in [4.69, 9.17) is 16.7 Å². The average molecular weight is 438 g/mol. The largest absolute Gasteiger partial charge is 0.481 e. The molecule has 0 fully saturated rings. The van der Waals surface area contributed by atoms with Gasteiger partial charge in [0, 0.05) is 37.2 Å². The predicted octanol–water partition coefficient (Wildman–Crippen LogP) is 4.32. The van der Waals surface area contributed by atoms with E-state index in [1.54, 1.807) is 35.6 Å². The highest BCUT2D eigenvalue weighted by atomic mass is 35.5. The van der Waals surface area contributed by atoms with E-state index in [1.165, 1.54) is 0 Å². The Hall–Kier alpha value is -3.25. The third kappa shape index (κ3) is 6.12. The van der Waals surface area contributed by atoms with Crippen molar-refractivity contribution < 1.29 is 14.7 Å². The molecular formula is C24H24ClN3O3. The van der Waals surface area contributed by atoms with Crippen molar-refractivity contribution >= 4 is 23.5 Å². The molecule has 0 spiro atoms. The number of carbonyl (C=O) groups excluding carboxylic acids is 1. The van der Waals surface area contributed by atoms with Crippen molar-refractivity contribution in [2.75, 3.05) is 6.54 Å². The first-order chi connectivity index (χ1) is 14.9. The Morgan fingerprint density at radius 2 is 1.84 bits per heavy atom. The number of aromatic nitrogens is 2. The summed E-state index contributed by atoms with van der Waals surface area (Å²) < 4.78 is 0. The van der Waals surface area contributed by atoms with Crippen LogP contribution in [0.4, 0.5) is 0 Å². The number of carbonyl (C=O) groups is 2. The fourth-order valence-electron chi connectivity index (χ4n) is 3.42. The molecule has 0 saturated carbocycles. The van der Waals surface area contributed by atoms with E-state index in [0.717, 1.165) is 27.8 Å². The Morgan fingerprint density at radius 1 is 1.03 bits per heavy atom. The zero-order valence-corrected chi connectivity index (χ0v) is 18.3. The average Bonchev–Trinajstić information content (AvgIpc) is 2.73. The second-order valence-electron chi connectivity index (χ2n) is 7.39. The van der Waals surface area contributed by atoms with Crippen molar-refractivity contribution in [1.82, 2.24) is 14.9 Å². The molecule has 2 heterocycles. The fourth-order valence-corrected chi connectivity index (χ4v) is 3.53. The number of amides is 1. The number of aliphatic carboxylic acids is 1. The van der Waals surface area contributed by atoms with Crippen molar-refractivity contribution in [1.29, 1.82) is 0 Å². The van der Waals surface area contributed by atoms with E-state index >= 15 is 0 Å². The Kier molecular flexibility index (Phi) is 7.36. The Morgan fingerprint density at radius 3 is 2.52 bits per heavy atom. The van der Waals surface area contributed by atoms with Gasteiger partial charge in [-0.15, -0.1) is 0 Å². The van der Waals surface area contributed by atoms with Gasteiger partial charge in [0.25, 0.3) is 0 Å². The zero-order valence-electron chi connectivity index (χ0n) is 17.5. The summed E-state index contributed by atoms with van der Waals surface area (Å²) in [5.74, 6) is -0.903. The van der Waals surface area contributed by atoms with Crippen LogP contribution in [0.2, 0.25) is 5.15 Å². The number of hydrogen-bond donors (Lipinski definition) is 1. The number of hydrogen-bond acceptors (Lipinski definition) is 4. The van der Waals surface area contributed by atoms with Crippen LogP contribution in [-0.2, 0) is 29.0 Å². The third-order valence-electron chi connectivity index (χ3n) is 4.96. The maximum Gasteiger partial charge on any atom is 0.307 e. The molecular weight excluding hydrogens is 414 g/mol. The topological polar surface area (TPSA) is 83.4 Å². The number of pyridine rings is 2. The van der Waals surface area contributed by atoms with Gasteiger partial charge in [-0.2, -0.15) is 0 Å². The smallest absolute Gasteiger partial charge is 0.307 e. The molecule has 6 nitrogen and oxygen atoms in total. The quantitative estimate of drug-likeness (QED) is 0.530. The lowest BCUT2D eigenvalue weighted by Gasteiger charge is -2.23. The van der Waals surface area contributed by atoms with Gasteiger partial charge in [0.15, 0.2) is 0 Å². The van der Waals surface area contributed by atoms with Gasteiger partial charge in [0.05, 0.1) is 12.8 Å². The second-order valence-corrected chi connectivity index (χ2v) is 7.77. The molecule has 7 heteroatoms. The van der Waals surface area contributed by atoms with Crippen LogP contribution in [0.25, 0.3) is 11.1 Å². The predicted molar refractivity (Wildman–Crippen MR) is 120 cm³/mol. The molecule has 3 aromatic rings. The SMILES string of the molecule is CCN(Cc1cc(C)ccc1-c1cncc(CC(=O)O)c1)C(=O)Cc1ccc(Cl)nc1. The van der Waals surface area contributed by atoms with E-state index in [0.29, 0.717) is 23.8 Å². The molecule has 0 aliphatic heterocycles. The van der Waals surface area contributed by atoms with Gasteiger partial charge >= 0.3 is 5.97 Å². The molecule has 31 heavy (non-hydrogen) atoms. The number of nitrogens with zero attached hydrogens (tertiary/aromatic N) is 3. The molecule has 0 bridgehead atoms. The zero-order chi connectivity index (χ0) is 22.4. The summed E-state index contributed by atoms with van der Waals surface area (Å²) >= 11 is 5.83. The lowest BCUT2D eigenvalue weighted by Crippen LogP contribution is -2.31. The van der Waals surface area contributed by atoms with Crippen molar-refractivity contribution in [2.45, 2.75) is 33.2 Å². The molecule has 0 atom stereocenters. The fraction of sp³-hybridized carbons (Fsp3) is 0.250. The maximum absolute atomic E-state index is 12.9. The van der Waals surface area contributed by atoms with Crippen molar-refractivity contribution in [3.8, 4) is 11.1 Å². The molecule has 2 aromatic heterocycles. The number of halogens is 1. The van der Waals surface area contributed by atoms with Crippen LogP contribution in [0, 0.1) is 6.92 Å². The van der Waals surface area contributed by atoms with E-state index in [1.807, 2.05) is 32.0 Å². The van der Waals surface area contributed by atoms with Gasteiger partial charge in [-0.25, -0.2) is 4.98 Å². The minimum absolute atomic E-state index is 0.00293. The summed E-state index contributed by atoms with van der Waals surface area (Å²) in [6.07, 6.45) is 5.06. The lowest BCUT2D eigenvalue weighted by molar-refractivity contribution is -0.136. The van der Waals surface area contributed by atoms with Gasteiger partial charge in [0.1, 0.15) is 5.15 Å². The van der Waals surface area contributed by atoms with Gasteiger partial charge in [0.2, 0.25) is 5.91 Å². The summed E-state index contributed by atoms with van der Waals surface area (Å²) in [5.41, 5.74) is 5.28. The summed E-state index contributed by atoms with van der Waals surface area (Å²) in [5, 5.41) is 9.48. The monoisotopic (exact) mass is 437 g/mol. The molecule has 1 N–H and O–H groups in total. The van der Waals surface area contributed by atoms with E-state index in [9.17, 15) is 9.59 Å². The summed E-state index contributed by atoms with van der Waals surface area (Å²) in [6.45, 7) is 4.95. The lowest BCUT2D eigenvalue weighted by atomic mass is 9.97. The van der Waals surface area contributed by atoms with E-state index < -0.39 is 5.97 Å². The summed E-state index contributed by atoms with van der Waals surface area (Å²) in [6, 6.07) is 11.4. The van der Waals surface area contributed by atoms with Crippen LogP contribution in [-0.4, -0.2) is 38.4 Å².